The Morgan fingerprint density at radius 3 is 2.53 bits per heavy atom. The van der Waals surface area contributed by atoms with Gasteiger partial charge < -0.3 is 19.7 Å². The van der Waals surface area contributed by atoms with E-state index in [2.05, 4.69) is 52.1 Å². The van der Waals surface area contributed by atoms with E-state index >= 15 is 0 Å². The summed E-state index contributed by atoms with van der Waals surface area (Å²) in [5.74, 6) is -1.06. The van der Waals surface area contributed by atoms with Gasteiger partial charge in [0, 0.05) is 13.0 Å². The lowest BCUT2D eigenvalue weighted by Gasteiger charge is -2.10. The van der Waals surface area contributed by atoms with E-state index < -0.39 is 12.3 Å². The molecule has 2 aromatic carbocycles. The maximum atomic E-state index is 12.3. The average molecular weight is 551 g/mol. The molecule has 1 amide bonds. The Morgan fingerprint density at radius 2 is 1.87 bits per heavy atom. The Balaban J connectivity index is 1.61. The van der Waals surface area contributed by atoms with Gasteiger partial charge in [-0.2, -0.15) is 4.98 Å². The van der Waals surface area contributed by atoms with Crippen molar-refractivity contribution in [2.24, 2.45) is 0 Å². The number of phenols is 1. The quantitative estimate of drug-likeness (QED) is 0.461. The number of nitrogens with zero attached hydrogens (tertiary/aromatic N) is 2. The zero-order valence-corrected chi connectivity index (χ0v) is 18.0. The van der Waals surface area contributed by atoms with Gasteiger partial charge in [0.25, 0.3) is 0 Å². The second-order valence-corrected chi connectivity index (χ2v) is 7.69. The maximum Gasteiger partial charge on any atom is 0.573 e. The van der Waals surface area contributed by atoms with Gasteiger partial charge in [0.1, 0.15) is 11.5 Å². The fourth-order valence-corrected chi connectivity index (χ4v) is 3.71. The Kier molecular flexibility index (Phi) is 6.66. The number of aromatic nitrogens is 2. The molecule has 3 aromatic rings. The minimum Gasteiger partial charge on any atom is -0.506 e. The molecule has 30 heavy (non-hydrogen) atoms. The Morgan fingerprint density at radius 1 is 1.17 bits per heavy atom. The first-order valence-corrected chi connectivity index (χ1v) is 9.81. The van der Waals surface area contributed by atoms with Gasteiger partial charge in [-0.05, 0) is 67.3 Å². The Labute approximate surface area is 184 Å². The van der Waals surface area contributed by atoms with Crippen LogP contribution in [0.2, 0.25) is 0 Å². The smallest absolute Gasteiger partial charge is 0.506 e. The number of ether oxygens (including phenoxy) is 1. The number of hydrogen-bond acceptors (Lipinski definition) is 6. The van der Waals surface area contributed by atoms with Crippen LogP contribution in [-0.4, -0.2) is 27.5 Å². The van der Waals surface area contributed by atoms with Crippen molar-refractivity contribution in [1.82, 2.24) is 15.5 Å². The van der Waals surface area contributed by atoms with E-state index in [1.54, 1.807) is 12.1 Å². The monoisotopic (exact) mass is 549 g/mol. The van der Waals surface area contributed by atoms with Gasteiger partial charge in [-0.25, -0.2) is 0 Å². The molecular weight excluding hydrogens is 539 g/mol. The van der Waals surface area contributed by atoms with Crippen LogP contribution in [0.5, 0.6) is 11.5 Å². The number of hydrogen-bond donors (Lipinski definition) is 2. The molecular formula is C18H12Br2F3N3O4. The lowest BCUT2D eigenvalue weighted by molar-refractivity contribution is -0.274. The molecule has 1 aromatic heterocycles. The number of alkyl halides is 3. The summed E-state index contributed by atoms with van der Waals surface area (Å²) in [4.78, 5) is 16.2. The molecule has 0 spiro atoms. The molecule has 0 aliphatic carbocycles. The molecule has 0 atom stereocenters. The molecule has 0 fully saturated rings. The number of carbonyl (C=O) groups is 1. The van der Waals surface area contributed by atoms with Crippen molar-refractivity contribution in [3.63, 3.8) is 0 Å². The number of phenolic OH excluding ortho intramolecular Hbond substituents is 1. The highest BCUT2D eigenvalue weighted by Gasteiger charge is 2.31. The second kappa shape index (κ2) is 9.04. The van der Waals surface area contributed by atoms with Crippen LogP contribution in [0.1, 0.15) is 27.6 Å². The lowest BCUT2D eigenvalue weighted by Crippen LogP contribution is -2.23. The SMILES string of the molecule is O=C(NCc1cccc(OC(F)(F)F)c1)c1nc(Cc2cc(Br)c(O)c(Br)c2)no1. The molecule has 0 unspecified atom stereocenters. The lowest BCUT2D eigenvalue weighted by atomic mass is 10.1. The van der Waals surface area contributed by atoms with Crippen LogP contribution in [0, 0.1) is 0 Å². The predicted molar refractivity (Wildman–Crippen MR) is 105 cm³/mol. The number of halogens is 5. The molecule has 158 valence electrons. The molecule has 12 heteroatoms. The number of benzene rings is 2. The second-order valence-electron chi connectivity index (χ2n) is 5.98. The summed E-state index contributed by atoms with van der Waals surface area (Å²) in [7, 11) is 0. The largest absolute Gasteiger partial charge is 0.573 e. The molecule has 1 heterocycles. The normalized spacial score (nSPS) is 11.4. The minimum absolute atomic E-state index is 0.0524. The molecule has 0 aliphatic heterocycles. The summed E-state index contributed by atoms with van der Waals surface area (Å²) in [5.41, 5.74) is 1.14. The first-order valence-electron chi connectivity index (χ1n) is 8.23. The van der Waals surface area contributed by atoms with Crippen LogP contribution in [0.4, 0.5) is 13.2 Å². The number of carbonyl (C=O) groups excluding carboxylic acids is 1. The highest BCUT2D eigenvalue weighted by molar-refractivity contribution is 9.11. The molecule has 7 nitrogen and oxygen atoms in total. The van der Waals surface area contributed by atoms with Crippen molar-refractivity contribution < 1.29 is 32.3 Å². The van der Waals surface area contributed by atoms with Crippen LogP contribution in [0.25, 0.3) is 0 Å². The summed E-state index contributed by atoms with van der Waals surface area (Å²) in [6.45, 7) is -0.0660. The number of nitrogens with one attached hydrogen (secondary N) is 1. The standard InChI is InChI=1S/C18H12Br2F3N3O4/c19-12-5-10(6-13(20)15(12)27)7-14-25-17(30-26-14)16(28)24-8-9-2-1-3-11(4-9)29-18(21,22)23/h1-6,27H,7-8H2,(H,24,28). The summed E-state index contributed by atoms with van der Waals surface area (Å²) >= 11 is 6.45. The first kappa shape index (κ1) is 22.1. The average Bonchev–Trinajstić information content (AvgIpc) is 3.11. The zero-order chi connectivity index (χ0) is 21.9. The third kappa shape index (κ3) is 5.95. The predicted octanol–water partition coefficient (Wildman–Crippen LogP) is 4.72. The van der Waals surface area contributed by atoms with Gasteiger partial charge in [-0.1, -0.05) is 17.3 Å². The zero-order valence-electron chi connectivity index (χ0n) is 14.8. The van der Waals surface area contributed by atoms with Crippen LogP contribution in [0.3, 0.4) is 0 Å². The summed E-state index contributed by atoms with van der Waals surface area (Å²) < 4.78 is 46.6. The third-order valence-electron chi connectivity index (χ3n) is 3.69. The van der Waals surface area contributed by atoms with Crippen molar-refractivity contribution in [3.8, 4) is 11.5 Å². The highest BCUT2D eigenvalue weighted by Crippen LogP contribution is 2.33. The molecule has 0 bridgehead atoms. The molecule has 3 rings (SSSR count). The van der Waals surface area contributed by atoms with Crippen molar-refractivity contribution in [1.29, 1.82) is 0 Å². The number of rotatable bonds is 6. The van der Waals surface area contributed by atoms with E-state index in [0.29, 0.717) is 14.5 Å². The fraction of sp³-hybridized carbons (Fsp3) is 0.167. The van der Waals surface area contributed by atoms with E-state index in [4.69, 9.17) is 4.52 Å². The van der Waals surface area contributed by atoms with Gasteiger partial charge in [-0.3, -0.25) is 4.79 Å². The van der Waals surface area contributed by atoms with E-state index in [0.717, 1.165) is 17.7 Å². The summed E-state index contributed by atoms with van der Waals surface area (Å²) in [5, 5.41) is 16.0. The fourth-order valence-electron chi connectivity index (χ4n) is 2.43. The van der Waals surface area contributed by atoms with Crippen molar-refractivity contribution in [3.05, 3.63) is 68.2 Å². The van der Waals surface area contributed by atoms with Gasteiger partial charge >= 0.3 is 18.2 Å². The van der Waals surface area contributed by atoms with Gasteiger partial charge in [0.2, 0.25) is 0 Å². The first-order chi connectivity index (χ1) is 14.1. The van der Waals surface area contributed by atoms with E-state index in [1.165, 1.54) is 12.1 Å². The Bertz CT molecular complexity index is 1050. The number of aromatic hydroxyl groups is 1. The summed E-state index contributed by atoms with van der Waals surface area (Å²) in [6.07, 6.45) is -4.56. The van der Waals surface area contributed by atoms with E-state index in [-0.39, 0.29) is 36.2 Å². The van der Waals surface area contributed by atoms with E-state index in [9.17, 15) is 23.1 Å². The van der Waals surface area contributed by atoms with Crippen LogP contribution in [0.15, 0.2) is 49.9 Å². The summed E-state index contributed by atoms with van der Waals surface area (Å²) in [6, 6.07) is 8.57. The molecule has 0 saturated carbocycles. The minimum atomic E-state index is -4.80. The van der Waals surface area contributed by atoms with Crippen LogP contribution >= 0.6 is 31.9 Å². The molecule has 0 saturated heterocycles. The molecule has 0 aliphatic rings. The van der Waals surface area contributed by atoms with Crippen LogP contribution < -0.4 is 10.1 Å². The number of amides is 1. The topological polar surface area (TPSA) is 97.5 Å². The van der Waals surface area contributed by atoms with Crippen molar-refractivity contribution in [2.45, 2.75) is 19.3 Å². The molecule has 2 N–H and O–H groups in total. The van der Waals surface area contributed by atoms with Crippen LogP contribution in [-0.2, 0) is 13.0 Å². The van der Waals surface area contributed by atoms with Gasteiger partial charge in [0.05, 0.1) is 8.95 Å². The third-order valence-corrected chi connectivity index (χ3v) is 4.90. The van der Waals surface area contributed by atoms with Gasteiger partial charge in [0.15, 0.2) is 5.82 Å². The maximum absolute atomic E-state index is 12.3. The van der Waals surface area contributed by atoms with E-state index in [1.807, 2.05) is 0 Å². The Hall–Kier alpha value is -2.60. The molecule has 0 radical (unpaired) electrons. The van der Waals surface area contributed by atoms with Gasteiger partial charge in [-0.15, -0.1) is 13.2 Å². The van der Waals surface area contributed by atoms with Crippen molar-refractivity contribution in [2.75, 3.05) is 0 Å². The highest BCUT2D eigenvalue weighted by atomic mass is 79.9. The van der Waals surface area contributed by atoms with Crippen molar-refractivity contribution >= 4 is 37.8 Å².